The van der Waals surface area contributed by atoms with Gasteiger partial charge in [-0.15, -0.1) is 0 Å². The molecule has 2 aromatic rings. The van der Waals surface area contributed by atoms with Gasteiger partial charge in [0.1, 0.15) is 11.6 Å². The van der Waals surface area contributed by atoms with Crippen LogP contribution in [0.15, 0.2) is 42.0 Å². The van der Waals surface area contributed by atoms with E-state index in [0.29, 0.717) is 17.1 Å². The maximum atomic E-state index is 12.4. The summed E-state index contributed by atoms with van der Waals surface area (Å²) < 4.78 is 10.4. The van der Waals surface area contributed by atoms with E-state index in [1.54, 1.807) is 18.2 Å². The van der Waals surface area contributed by atoms with Crippen molar-refractivity contribution in [2.24, 2.45) is 0 Å². The SMILES string of the molecule is N#CC(=Cc1cc2c(cc1Cl)OCO2)C(=O)Nc1ccccc1C(=O)O. The number of carboxylic acids is 1. The molecule has 7 nitrogen and oxygen atoms in total. The van der Waals surface area contributed by atoms with E-state index in [2.05, 4.69) is 5.32 Å². The summed E-state index contributed by atoms with van der Waals surface area (Å²) in [4.78, 5) is 23.6. The van der Waals surface area contributed by atoms with Gasteiger partial charge in [-0.3, -0.25) is 4.79 Å². The Morgan fingerprint density at radius 1 is 1.23 bits per heavy atom. The van der Waals surface area contributed by atoms with Crippen molar-refractivity contribution in [3.05, 3.63) is 58.1 Å². The molecule has 1 aliphatic heterocycles. The smallest absolute Gasteiger partial charge is 0.337 e. The van der Waals surface area contributed by atoms with Gasteiger partial charge in [-0.2, -0.15) is 5.26 Å². The lowest BCUT2D eigenvalue weighted by Crippen LogP contribution is -2.16. The van der Waals surface area contributed by atoms with Gasteiger partial charge in [0.15, 0.2) is 11.5 Å². The van der Waals surface area contributed by atoms with E-state index in [-0.39, 0.29) is 28.6 Å². The summed E-state index contributed by atoms with van der Waals surface area (Å²) in [7, 11) is 0. The molecule has 1 aliphatic rings. The summed E-state index contributed by atoms with van der Waals surface area (Å²) in [6.07, 6.45) is 1.29. The van der Waals surface area contributed by atoms with Crippen molar-refractivity contribution >= 4 is 35.2 Å². The summed E-state index contributed by atoms with van der Waals surface area (Å²) in [5, 5.41) is 21.2. The number of halogens is 1. The van der Waals surface area contributed by atoms with Crippen LogP contribution in [0.2, 0.25) is 5.02 Å². The molecule has 0 atom stereocenters. The average Bonchev–Trinajstić information content (AvgIpc) is 3.06. The third kappa shape index (κ3) is 3.45. The first-order valence-corrected chi connectivity index (χ1v) is 7.72. The molecule has 0 fully saturated rings. The summed E-state index contributed by atoms with van der Waals surface area (Å²) in [5.74, 6) is -1.02. The van der Waals surface area contributed by atoms with Crippen LogP contribution in [0.25, 0.3) is 6.08 Å². The highest BCUT2D eigenvalue weighted by Crippen LogP contribution is 2.37. The second kappa shape index (κ2) is 7.17. The molecule has 2 aromatic carbocycles. The molecule has 3 rings (SSSR count). The first kappa shape index (κ1) is 17.3. The molecule has 0 aromatic heterocycles. The molecule has 8 heteroatoms. The van der Waals surface area contributed by atoms with E-state index in [1.807, 2.05) is 0 Å². The van der Waals surface area contributed by atoms with Crippen LogP contribution >= 0.6 is 11.6 Å². The Balaban J connectivity index is 1.90. The zero-order valence-corrected chi connectivity index (χ0v) is 13.9. The van der Waals surface area contributed by atoms with Crippen LogP contribution in [0.3, 0.4) is 0 Å². The molecular weight excluding hydrogens is 360 g/mol. The monoisotopic (exact) mass is 370 g/mol. The van der Waals surface area contributed by atoms with Gasteiger partial charge in [-0.25, -0.2) is 4.79 Å². The quantitative estimate of drug-likeness (QED) is 0.631. The second-order valence-electron chi connectivity index (χ2n) is 5.20. The lowest BCUT2D eigenvalue weighted by atomic mass is 10.1. The number of nitriles is 1. The first-order chi connectivity index (χ1) is 12.5. The average molecular weight is 371 g/mol. The summed E-state index contributed by atoms with van der Waals surface area (Å²) in [6, 6.07) is 10.8. The molecule has 0 aliphatic carbocycles. The predicted molar refractivity (Wildman–Crippen MR) is 93.2 cm³/mol. The second-order valence-corrected chi connectivity index (χ2v) is 5.61. The fourth-order valence-electron chi connectivity index (χ4n) is 2.32. The number of para-hydroxylation sites is 1. The number of anilines is 1. The number of rotatable bonds is 4. The zero-order chi connectivity index (χ0) is 18.7. The van der Waals surface area contributed by atoms with Crippen molar-refractivity contribution in [1.82, 2.24) is 0 Å². The number of aromatic carboxylic acids is 1. The molecule has 0 saturated heterocycles. The van der Waals surface area contributed by atoms with E-state index in [1.165, 1.54) is 30.3 Å². The van der Waals surface area contributed by atoms with E-state index in [9.17, 15) is 14.9 Å². The van der Waals surface area contributed by atoms with Gasteiger partial charge in [0, 0.05) is 6.07 Å². The molecule has 0 radical (unpaired) electrons. The van der Waals surface area contributed by atoms with E-state index in [4.69, 9.17) is 26.2 Å². The van der Waals surface area contributed by atoms with Crippen LogP contribution in [0.4, 0.5) is 5.69 Å². The number of fused-ring (bicyclic) bond motifs is 1. The molecule has 1 heterocycles. The topological polar surface area (TPSA) is 109 Å². The number of carbonyl (C=O) groups excluding carboxylic acids is 1. The predicted octanol–water partition coefficient (Wildman–Crippen LogP) is 3.31. The fourth-order valence-corrected chi connectivity index (χ4v) is 2.52. The van der Waals surface area contributed by atoms with Gasteiger partial charge in [0.25, 0.3) is 5.91 Å². The van der Waals surface area contributed by atoms with E-state index < -0.39 is 11.9 Å². The van der Waals surface area contributed by atoms with Gasteiger partial charge in [-0.1, -0.05) is 23.7 Å². The fraction of sp³-hybridized carbons (Fsp3) is 0.0556. The van der Waals surface area contributed by atoms with Gasteiger partial charge in [-0.05, 0) is 29.8 Å². The summed E-state index contributed by atoms with van der Waals surface area (Å²) >= 11 is 6.14. The molecule has 1 amide bonds. The van der Waals surface area contributed by atoms with Gasteiger partial charge < -0.3 is 19.9 Å². The highest BCUT2D eigenvalue weighted by molar-refractivity contribution is 6.32. The van der Waals surface area contributed by atoms with Gasteiger partial charge >= 0.3 is 5.97 Å². The van der Waals surface area contributed by atoms with Crippen molar-refractivity contribution in [2.45, 2.75) is 0 Å². The zero-order valence-electron chi connectivity index (χ0n) is 13.2. The number of amides is 1. The molecule has 0 saturated carbocycles. The number of nitrogens with one attached hydrogen (secondary N) is 1. The Bertz CT molecular complexity index is 978. The highest BCUT2D eigenvalue weighted by atomic mass is 35.5. The maximum absolute atomic E-state index is 12.4. The van der Waals surface area contributed by atoms with Crippen LogP contribution in [0, 0.1) is 11.3 Å². The molecule has 0 spiro atoms. The van der Waals surface area contributed by atoms with Crippen LogP contribution in [0.1, 0.15) is 15.9 Å². The van der Waals surface area contributed by atoms with Crippen LogP contribution in [-0.4, -0.2) is 23.8 Å². The lowest BCUT2D eigenvalue weighted by molar-refractivity contribution is -0.112. The number of hydrogen-bond donors (Lipinski definition) is 2. The first-order valence-electron chi connectivity index (χ1n) is 7.34. The third-order valence-corrected chi connectivity index (χ3v) is 3.89. The molecular formula is C18H11ClN2O5. The highest BCUT2D eigenvalue weighted by Gasteiger charge is 2.18. The van der Waals surface area contributed by atoms with Crippen molar-refractivity contribution in [3.63, 3.8) is 0 Å². The normalized spacial score (nSPS) is 12.4. The van der Waals surface area contributed by atoms with Crippen molar-refractivity contribution in [1.29, 1.82) is 5.26 Å². The maximum Gasteiger partial charge on any atom is 0.337 e. The van der Waals surface area contributed by atoms with Crippen LogP contribution in [-0.2, 0) is 4.79 Å². The van der Waals surface area contributed by atoms with E-state index >= 15 is 0 Å². The Kier molecular flexibility index (Phi) is 4.78. The number of nitrogens with zero attached hydrogens (tertiary/aromatic N) is 1. The van der Waals surface area contributed by atoms with Crippen molar-refractivity contribution < 1.29 is 24.2 Å². The number of carboxylic acid groups (broad SMARTS) is 1. The Morgan fingerprint density at radius 2 is 1.92 bits per heavy atom. The number of benzene rings is 2. The largest absolute Gasteiger partial charge is 0.478 e. The van der Waals surface area contributed by atoms with Crippen LogP contribution in [0.5, 0.6) is 11.5 Å². The minimum Gasteiger partial charge on any atom is -0.478 e. The lowest BCUT2D eigenvalue weighted by Gasteiger charge is -2.08. The summed E-state index contributed by atoms with van der Waals surface area (Å²) in [6.45, 7) is 0.0659. The summed E-state index contributed by atoms with van der Waals surface area (Å²) in [5.41, 5.74) is 0.155. The number of hydrogen-bond acceptors (Lipinski definition) is 5. The molecule has 2 N–H and O–H groups in total. The van der Waals surface area contributed by atoms with Gasteiger partial charge in [0.2, 0.25) is 6.79 Å². The molecule has 26 heavy (non-hydrogen) atoms. The van der Waals surface area contributed by atoms with Crippen molar-refractivity contribution in [3.8, 4) is 17.6 Å². The number of carbonyl (C=O) groups is 2. The molecule has 0 bridgehead atoms. The minimum atomic E-state index is -1.19. The standard InChI is InChI=1S/C18H11ClN2O5/c19-13-7-16-15(25-9-26-16)6-10(13)5-11(8-20)17(22)21-14-4-2-1-3-12(14)18(23)24/h1-7H,9H2,(H,21,22)(H,23,24). The Labute approximate surface area is 153 Å². The minimum absolute atomic E-state index is 0.0659. The van der Waals surface area contributed by atoms with E-state index in [0.717, 1.165) is 0 Å². The number of ether oxygens (including phenoxy) is 2. The third-order valence-electron chi connectivity index (χ3n) is 3.56. The van der Waals surface area contributed by atoms with Crippen LogP contribution < -0.4 is 14.8 Å². The van der Waals surface area contributed by atoms with Crippen molar-refractivity contribution in [2.75, 3.05) is 12.1 Å². The Hall–Kier alpha value is -3.50. The Morgan fingerprint density at radius 3 is 2.62 bits per heavy atom. The molecule has 130 valence electrons. The van der Waals surface area contributed by atoms with Gasteiger partial charge in [0.05, 0.1) is 16.3 Å². The molecule has 0 unspecified atom stereocenters.